The van der Waals surface area contributed by atoms with E-state index in [2.05, 4.69) is 24.4 Å². The van der Waals surface area contributed by atoms with Crippen LogP contribution >= 0.6 is 11.6 Å². The molecular weight excluding hydrogens is 308 g/mol. The summed E-state index contributed by atoms with van der Waals surface area (Å²) < 4.78 is 0. The Morgan fingerprint density at radius 1 is 1.17 bits per heavy atom. The van der Waals surface area contributed by atoms with Crippen LogP contribution in [-0.2, 0) is 6.54 Å². The van der Waals surface area contributed by atoms with E-state index < -0.39 is 0 Å². The molecule has 1 aliphatic carbocycles. The van der Waals surface area contributed by atoms with Gasteiger partial charge in [0.15, 0.2) is 0 Å². The van der Waals surface area contributed by atoms with Gasteiger partial charge in [0, 0.05) is 12.6 Å². The van der Waals surface area contributed by atoms with Gasteiger partial charge in [-0.25, -0.2) is 4.79 Å². The van der Waals surface area contributed by atoms with E-state index in [1.165, 1.54) is 12.8 Å². The van der Waals surface area contributed by atoms with Crippen molar-refractivity contribution in [2.24, 2.45) is 5.92 Å². The number of para-hydroxylation sites is 1. The van der Waals surface area contributed by atoms with E-state index in [9.17, 15) is 4.79 Å². The van der Waals surface area contributed by atoms with Crippen LogP contribution in [0.4, 0.5) is 10.5 Å². The Kier molecular flexibility index (Phi) is 4.87. The van der Waals surface area contributed by atoms with Gasteiger partial charge < -0.3 is 10.2 Å². The fourth-order valence-electron chi connectivity index (χ4n) is 2.76. The fraction of sp³-hybridized carbons (Fsp3) is 0.316. The van der Waals surface area contributed by atoms with Gasteiger partial charge in [-0.2, -0.15) is 0 Å². The average molecular weight is 329 g/mol. The quantitative estimate of drug-likeness (QED) is 0.806. The van der Waals surface area contributed by atoms with Crippen LogP contribution in [-0.4, -0.2) is 17.0 Å². The molecule has 4 heteroatoms. The number of amides is 2. The summed E-state index contributed by atoms with van der Waals surface area (Å²) in [5, 5.41) is 3.50. The van der Waals surface area contributed by atoms with Gasteiger partial charge in [0.2, 0.25) is 0 Å². The first-order valence-electron chi connectivity index (χ1n) is 8.01. The van der Waals surface area contributed by atoms with E-state index in [0.717, 1.165) is 5.56 Å². The van der Waals surface area contributed by atoms with Gasteiger partial charge in [0.1, 0.15) is 0 Å². The molecular formula is C19H21ClN2O. The van der Waals surface area contributed by atoms with E-state index in [1.807, 2.05) is 41.3 Å². The molecule has 1 saturated carbocycles. The van der Waals surface area contributed by atoms with Crippen molar-refractivity contribution < 1.29 is 4.79 Å². The number of nitrogens with zero attached hydrogens (tertiary/aromatic N) is 1. The van der Waals surface area contributed by atoms with E-state index in [1.54, 1.807) is 6.07 Å². The molecule has 1 N–H and O–H groups in total. The number of anilines is 1. The van der Waals surface area contributed by atoms with Crippen molar-refractivity contribution in [1.82, 2.24) is 4.90 Å². The molecule has 2 amide bonds. The molecule has 0 unspecified atom stereocenters. The molecule has 2 aromatic rings. The molecule has 0 aliphatic heterocycles. The third kappa shape index (κ3) is 4.05. The number of benzene rings is 2. The predicted molar refractivity (Wildman–Crippen MR) is 94.6 cm³/mol. The first-order chi connectivity index (χ1) is 11.1. The van der Waals surface area contributed by atoms with Gasteiger partial charge in [-0.15, -0.1) is 0 Å². The number of rotatable bonds is 5. The summed E-state index contributed by atoms with van der Waals surface area (Å²) in [6.45, 7) is 2.74. The lowest BCUT2D eigenvalue weighted by molar-refractivity contribution is 0.181. The van der Waals surface area contributed by atoms with Gasteiger partial charge in [-0.3, -0.25) is 0 Å². The molecule has 0 heterocycles. The highest BCUT2D eigenvalue weighted by Gasteiger charge is 2.34. The maximum Gasteiger partial charge on any atom is 0.322 e. The SMILES string of the molecule is C[C@@H](C1CC1)N(Cc1ccccc1)C(=O)Nc1ccccc1Cl. The molecule has 120 valence electrons. The van der Waals surface area contributed by atoms with Crippen molar-refractivity contribution in [3.8, 4) is 0 Å². The third-order valence-electron chi connectivity index (χ3n) is 4.37. The number of halogens is 1. The first-order valence-corrected chi connectivity index (χ1v) is 8.39. The van der Waals surface area contributed by atoms with Crippen LogP contribution in [0.25, 0.3) is 0 Å². The molecule has 0 saturated heterocycles. The Morgan fingerprint density at radius 2 is 1.83 bits per heavy atom. The number of carbonyl (C=O) groups excluding carboxylic acids is 1. The second kappa shape index (κ2) is 7.05. The zero-order valence-electron chi connectivity index (χ0n) is 13.2. The summed E-state index contributed by atoms with van der Waals surface area (Å²) in [5.41, 5.74) is 1.79. The van der Waals surface area contributed by atoms with Crippen molar-refractivity contribution in [3.63, 3.8) is 0 Å². The average Bonchev–Trinajstić information content (AvgIpc) is 3.40. The lowest BCUT2D eigenvalue weighted by atomic mass is 10.1. The van der Waals surface area contributed by atoms with Gasteiger partial charge in [0.05, 0.1) is 10.7 Å². The minimum Gasteiger partial charge on any atom is -0.317 e. The molecule has 3 rings (SSSR count). The summed E-state index contributed by atoms with van der Waals surface area (Å²) >= 11 is 6.15. The van der Waals surface area contributed by atoms with Gasteiger partial charge >= 0.3 is 6.03 Å². The van der Waals surface area contributed by atoms with E-state index in [4.69, 9.17) is 11.6 Å². The number of urea groups is 1. The Balaban J connectivity index is 1.77. The monoisotopic (exact) mass is 328 g/mol. The summed E-state index contributed by atoms with van der Waals surface area (Å²) in [7, 11) is 0. The second-order valence-corrected chi connectivity index (χ2v) is 6.51. The largest absolute Gasteiger partial charge is 0.322 e. The standard InChI is InChI=1S/C19H21ClN2O/c1-14(16-11-12-16)22(13-15-7-3-2-4-8-15)19(23)21-18-10-6-5-9-17(18)20/h2-10,14,16H,11-13H2,1H3,(H,21,23)/t14-/m0/s1. The van der Waals surface area contributed by atoms with Gasteiger partial charge in [-0.1, -0.05) is 54.1 Å². The van der Waals surface area contributed by atoms with Crippen LogP contribution in [0.15, 0.2) is 54.6 Å². The molecule has 0 bridgehead atoms. The minimum atomic E-state index is -0.0960. The lowest BCUT2D eigenvalue weighted by Crippen LogP contribution is -2.42. The maximum absolute atomic E-state index is 12.8. The molecule has 1 aliphatic rings. The Bertz CT molecular complexity index is 670. The fourth-order valence-corrected chi connectivity index (χ4v) is 2.95. The molecule has 23 heavy (non-hydrogen) atoms. The first kappa shape index (κ1) is 15.9. The molecule has 1 fully saturated rings. The molecule has 1 atom stereocenters. The minimum absolute atomic E-state index is 0.0960. The Labute approximate surface area is 142 Å². The summed E-state index contributed by atoms with van der Waals surface area (Å²) in [6, 6.07) is 17.5. The van der Waals surface area contributed by atoms with Crippen molar-refractivity contribution in [2.45, 2.75) is 32.4 Å². The summed E-state index contributed by atoms with van der Waals surface area (Å²) in [4.78, 5) is 14.7. The van der Waals surface area contributed by atoms with Gasteiger partial charge in [0.25, 0.3) is 0 Å². The zero-order chi connectivity index (χ0) is 16.2. The van der Waals surface area contributed by atoms with Crippen LogP contribution in [0.5, 0.6) is 0 Å². The number of hydrogen-bond acceptors (Lipinski definition) is 1. The molecule has 0 radical (unpaired) electrons. The number of nitrogens with one attached hydrogen (secondary N) is 1. The van der Waals surface area contributed by atoms with E-state index in [-0.39, 0.29) is 12.1 Å². The Hall–Kier alpha value is -2.00. The highest BCUT2D eigenvalue weighted by atomic mass is 35.5. The zero-order valence-corrected chi connectivity index (χ0v) is 14.0. The Morgan fingerprint density at radius 3 is 2.48 bits per heavy atom. The van der Waals surface area contributed by atoms with E-state index in [0.29, 0.717) is 23.2 Å². The summed E-state index contributed by atoms with van der Waals surface area (Å²) in [6.07, 6.45) is 2.40. The van der Waals surface area contributed by atoms with Crippen LogP contribution < -0.4 is 5.32 Å². The van der Waals surface area contributed by atoms with Crippen molar-refractivity contribution in [2.75, 3.05) is 5.32 Å². The smallest absolute Gasteiger partial charge is 0.317 e. The number of carbonyl (C=O) groups is 1. The maximum atomic E-state index is 12.8. The van der Waals surface area contributed by atoms with Crippen molar-refractivity contribution in [3.05, 3.63) is 65.2 Å². The molecule has 3 nitrogen and oxygen atoms in total. The van der Waals surface area contributed by atoms with E-state index >= 15 is 0 Å². The topological polar surface area (TPSA) is 32.3 Å². The van der Waals surface area contributed by atoms with Crippen LogP contribution in [0.1, 0.15) is 25.3 Å². The van der Waals surface area contributed by atoms with Crippen LogP contribution in [0.3, 0.4) is 0 Å². The highest BCUT2D eigenvalue weighted by Crippen LogP contribution is 2.36. The lowest BCUT2D eigenvalue weighted by Gasteiger charge is -2.30. The van der Waals surface area contributed by atoms with Crippen LogP contribution in [0.2, 0.25) is 5.02 Å². The molecule has 0 aromatic heterocycles. The number of hydrogen-bond donors (Lipinski definition) is 1. The second-order valence-electron chi connectivity index (χ2n) is 6.10. The van der Waals surface area contributed by atoms with Crippen molar-refractivity contribution in [1.29, 1.82) is 0 Å². The predicted octanol–water partition coefficient (Wildman–Crippen LogP) is 5.17. The van der Waals surface area contributed by atoms with Crippen LogP contribution in [0, 0.1) is 5.92 Å². The van der Waals surface area contributed by atoms with Crippen molar-refractivity contribution >= 4 is 23.3 Å². The third-order valence-corrected chi connectivity index (χ3v) is 4.70. The van der Waals surface area contributed by atoms with Gasteiger partial charge in [-0.05, 0) is 43.4 Å². The summed E-state index contributed by atoms with van der Waals surface area (Å²) in [5.74, 6) is 0.607. The normalized spacial score (nSPS) is 15.0. The highest BCUT2D eigenvalue weighted by molar-refractivity contribution is 6.33. The molecule has 2 aromatic carbocycles. The molecule has 0 spiro atoms.